The highest BCUT2D eigenvalue weighted by Crippen LogP contribution is 2.32. The largest absolute Gasteiger partial charge is 0.609 e. The lowest BCUT2D eigenvalue weighted by atomic mass is 10.1. The van der Waals surface area contributed by atoms with Crippen molar-refractivity contribution < 1.29 is 14.1 Å². The minimum absolute atomic E-state index is 0.000923. The molecule has 0 aromatic carbocycles. The van der Waals surface area contributed by atoms with Crippen LogP contribution < -0.4 is 5.63 Å². The highest BCUT2D eigenvalue weighted by Gasteiger charge is 2.30. The van der Waals surface area contributed by atoms with E-state index in [0.717, 1.165) is 12.8 Å². The van der Waals surface area contributed by atoms with Gasteiger partial charge in [-0.25, -0.2) is 4.79 Å². The average Bonchev–Trinajstić information content (AvgIpc) is 3.20. The summed E-state index contributed by atoms with van der Waals surface area (Å²) in [6.07, 6.45) is 2.68. The maximum atomic E-state index is 12.1. The molecule has 6 nitrogen and oxygen atoms in total. The second-order valence-electron chi connectivity index (χ2n) is 4.91. The van der Waals surface area contributed by atoms with Crippen molar-refractivity contribution in [3.8, 4) is 5.88 Å². The van der Waals surface area contributed by atoms with Crippen molar-refractivity contribution in [1.29, 1.82) is 0 Å². The van der Waals surface area contributed by atoms with Gasteiger partial charge in [-0.2, -0.15) is 0 Å². The summed E-state index contributed by atoms with van der Waals surface area (Å²) in [5.74, 6) is 0.656. The van der Waals surface area contributed by atoms with E-state index < -0.39 is 16.8 Å². The fourth-order valence-electron chi connectivity index (χ4n) is 2.06. The van der Waals surface area contributed by atoms with E-state index in [1.54, 1.807) is 0 Å². The zero-order valence-corrected chi connectivity index (χ0v) is 11.8. The van der Waals surface area contributed by atoms with E-state index in [2.05, 4.69) is 9.97 Å². The van der Waals surface area contributed by atoms with E-state index in [4.69, 9.17) is 4.42 Å². The lowest BCUT2D eigenvalue weighted by Crippen LogP contribution is -2.13. The van der Waals surface area contributed by atoms with E-state index in [9.17, 15) is 14.5 Å². The van der Waals surface area contributed by atoms with Crippen LogP contribution in [0.4, 0.5) is 0 Å². The van der Waals surface area contributed by atoms with Gasteiger partial charge in [-0.15, -0.1) is 9.97 Å². The van der Waals surface area contributed by atoms with E-state index in [-0.39, 0.29) is 16.7 Å². The second kappa shape index (κ2) is 5.06. The van der Waals surface area contributed by atoms with Crippen LogP contribution in [0.2, 0.25) is 0 Å². The molecule has 1 aliphatic rings. The number of hydrogen-bond acceptors (Lipinski definition) is 6. The number of nitrogens with zero attached hydrogens (tertiary/aromatic N) is 2. The quantitative estimate of drug-likeness (QED) is 0.675. The van der Waals surface area contributed by atoms with Crippen LogP contribution in [0, 0.1) is 5.92 Å². The van der Waals surface area contributed by atoms with E-state index in [1.165, 1.54) is 6.07 Å². The number of aromatic hydroxyl groups is 1. The molecule has 1 unspecified atom stereocenters. The molecule has 0 aliphatic heterocycles. The summed E-state index contributed by atoms with van der Waals surface area (Å²) in [7, 11) is 0. The van der Waals surface area contributed by atoms with Gasteiger partial charge in [0, 0.05) is 23.2 Å². The van der Waals surface area contributed by atoms with Crippen molar-refractivity contribution in [2.24, 2.45) is 5.92 Å². The topological polar surface area (TPSA) is 99.3 Å². The summed E-state index contributed by atoms with van der Waals surface area (Å²) < 4.78 is 17.1. The summed E-state index contributed by atoms with van der Waals surface area (Å²) in [6, 6.07) is 1.31. The van der Waals surface area contributed by atoms with Gasteiger partial charge in [0.15, 0.2) is 0 Å². The van der Waals surface area contributed by atoms with Gasteiger partial charge in [-0.3, -0.25) is 0 Å². The number of hydrogen-bond donors (Lipinski definition) is 1. The Bertz CT molecular complexity index is 711. The first-order valence-corrected chi connectivity index (χ1v) is 7.82. The van der Waals surface area contributed by atoms with E-state index in [0.29, 0.717) is 29.0 Å². The van der Waals surface area contributed by atoms with Crippen LogP contribution >= 0.6 is 0 Å². The Morgan fingerprint density at radius 3 is 2.90 bits per heavy atom. The average molecular weight is 294 g/mol. The number of fused-ring (bicyclic) bond motifs is 1. The minimum atomic E-state index is -1.38. The Morgan fingerprint density at radius 1 is 1.50 bits per heavy atom. The summed E-state index contributed by atoms with van der Waals surface area (Å²) in [6.45, 7) is 1.85. The van der Waals surface area contributed by atoms with E-state index in [1.807, 2.05) is 6.92 Å². The van der Waals surface area contributed by atoms with Crippen LogP contribution in [-0.2, 0) is 17.6 Å². The minimum Gasteiger partial charge on any atom is -0.609 e. The smallest absolute Gasteiger partial charge is 0.349 e. The zero-order chi connectivity index (χ0) is 14.3. The molecule has 7 heteroatoms. The second-order valence-corrected chi connectivity index (χ2v) is 6.30. The van der Waals surface area contributed by atoms with Crippen molar-refractivity contribution in [3.05, 3.63) is 22.0 Å². The molecule has 3 rings (SSSR count). The fourth-order valence-corrected chi connectivity index (χ4v) is 3.34. The van der Waals surface area contributed by atoms with Gasteiger partial charge in [0.25, 0.3) is 0 Å². The zero-order valence-electron chi connectivity index (χ0n) is 11.0. The SMILES string of the molecule is CCc1cc(=O)oc2nc([S+]([O-])CC3CC3)nc(O)c12. The Morgan fingerprint density at radius 2 is 2.25 bits per heavy atom. The predicted octanol–water partition coefficient (Wildman–Crippen LogP) is 1.37. The molecule has 2 aromatic heterocycles. The molecule has 0 spiro atoms. The Hall–Kier alpha value is -1.60. The molecule has 0 radical (unpaired) electrons. The van der Waals surface area contributed by atoms with Crippen LogP contribution in [-0.4, -0.2) is 25.4 Å². The highest BCUT2D eigenvalue weighted by atomic mass is 32.2. The molecular formula is C13H14N2O4S. The van der Waals surface area contributed by atoms with Gasteiger partial charge in [-0.05, 0) is 24.8 Å². The first-order valence-electron chi connectivity index (χ1n) is 6.50. The predicted molar refractivity (Wildman–Crippen MR) is 73.1 cm³/mol. The molecular weight excluding hydrogens is 280 g/mol. The first kappa shape index (κ1) is 13.4. The van der Waals surface area contributed by atoms with Crippen molar-refractivity contribution in [1.82, 2.24) is 9.97 Å². The molecule has 2 heterocycles. The number of rotatable bonds is 4. The molecule has 1 atom stereocenters. The van der Waals surface area contributed by atoms with Crippen molar-refractivity contribution in [2.45, 2.75) is 31.3 Å². The highest BCUT2D eigenvalue weighted by molar-refractivity contribution is 7.91. The molecule has 1 saturated carbocycles. The first-order chi connectivity index (χ1) is 9.58. The van der Waals surface area contributed by atoms with Crippen molar-refractivity contribution in [2.75, 3.05) is 5.75 Å². The van der Waals surface area contributed by atoms with E-state index >= 15 is 0 Å². The summed E-state index contributed by atoms with van der Waals surface area (Å²) in [5.41, 5.74) is 0.0839. The molecule has 0 amide bonds. The summed E-state index contributed by atoms with van der Waals surface area (Å²) >= 11 is -1.38. The lowest BCUT2D eigenvalue weighted by Gasteiger charge is -2.09. The maximum absolute atomic E-state index is 12.1. The van der Waals surface area contributed by atoms with Crippen LogP contribution in [0.1, 0.15) is 25.3 Å². The third-order valence-electron chi connectivity index (χ3n) is 3.32. The van der Waals surface area contributed by atoms with Crippen LogP contribution in [0.3, 0.4) is 0 Å². The monoisotopic (exact) mass is 294 g/mol. The number of aromatic nitrogens is 2. The van der Waals surface area contributed by atoms with Crippen LogP contribution in [0.15, 0.2) is 20.4 Å². The van der Waals surface area contributed by atoms with Crippen LogP contribution in [0.25, 0.3) is 11.1 Å². The fraction of sp³-hybridized carbons (Fsp3) is 0.462. The molecule has 1 fully saturated rings. The maximum Gasteiger partial charge on any atom is 0.349 e. The van der Waals surface area contributed by atoms with Gasteiger partial charge >= 0.3 is 10.8 Å². The van der Waals surface area contributed by atoms with Crippen LogP contribution in [0.5, 0.6) is 5.88 Å². The van der Waals surface area contributed by atoms with Gasteiger partial charge in [0.2, 0.25) is 11.6 Å². The van der Waals surface area contributed by atoms with Gasteiger partial charge in [0.05, 0.1) is 0 Å². The lowest BCUT2D eigenvalue weighted by molar-refractivity contribution is 0.445. The third-order valence-corrected chi connectivity index (χ3v) is 4.68. The van der Waals surface area contributed by atoms with Gasteiger partial charge < -0.3 is 14.1 Å². The summed E-state index contributed by atoms with van der Waals surface area (Å²) in [4.78, 5) is 19.4. The summed E-state index contributed by atoms with van der Waals surface area (Å²) in [5, 5.41) is 10.4. The molecule has 2 aromatic rings. The molecule has 20 heavy (non-hydrogen) atoms. The Kier molecular flexibility index (Phi) is 3.39. The Labute approximate surface area is 118 Å². The standard InChI is InChI=1S/C13H14N2O4S/c1-2-8-5-9(16)19-12-10(8)11(17)14-13(15-12)20(18)6-7-3-4-7/h5,7H,2-4,6H2,1H3,(H,14,15,17). The van der Waals surface area contributed by atoms with Gasteiger partial charge in [-0.1, -0.05) is 6.92 Å². The normalized spacial score (nSPS) is 16.5. The third kappa shape index (κ3) is 2.51. The number of aryl methyl sites for hydroxylation is 1. The molecule has 1 aliphatic carbocycles. The molecule has 0 saturated heterocycles. The van der Waals surface area contributed by atoms with Crippen molar-refractivity contribution in [3.63, 3.8) is 0 Å². The molecule has 1 N–H and O–H groups in total. The molecule has 0 bridgehead atoms. The van der Waals surface area contributed by atoms with Gasteiger partial charge in [0.1, 0.15) is 11.1 Å². The Balaban J connectivity index is 2.10. The van der Waals surface area contributed by atoms with Crippen molar-refractivity contribution >= 4 is 22.3 Å². The molecule has 106 valence electrons.